The second-order valence-corrected chi connectivity index (χ2v) is 7.87. The Bertz CT molecular complexity index is 822. The Kier molecular flexibility index (Phi) is 5.98. The second kappa shape index (κ2) is 7.61. The minimum atomic E-state index is -3.70. The number of benzene rings is 2. The lowest BCUT2D eigenvalue weighted by Gasteiger charge is -2.17. The molecule has 8 heteroatoms. The molecule has 5 nitrogen and oxygen atoms in total. The van der Waals surface area contributed by atoms with Gasteiger partial charge in [0.2, 0.25) is 10.0 Å². The van der Waals surface area contributed by atoms with Crippen LogP contribution in [-0.4, -0.2) is 14.5 Å². The van der Waals surface area contributed by atoms with Gasteiger partial charge >= 0.3 is 0 Å². The fourth-order valence-corrected chi connectivity index (χ4v) is 3.17. The Balaban J connectivity index is 2.19. The van der Waals surface area contributed by atoms with Crippen LogP contribution in [0.3, 0.4) is 0 Å². The predicted molar refractivity (Wildman–Crippen MR) is 97.4 cm³/mol. The van der Waals surface area contributed by atoms with Crippen LogP contribution < -0.4 is 15.2 Å². The summed E-state index contributed by atoms with van der Waals surface area (Å²) in [5, 5.41) is 9.21. The Morgan fingerprint density at radius 1 is 1.17 bits per heavy atom. The van der Waals surface area contributed by atoms with Gasteiger partial charge in [0, 0.05) is 22.8 Å². The quantitative estimate of drug-likeness (QED) is 0.781. The third kappa shape index (κ3) is 5.01. The number of nitrogens with one attached hydrogen (secondary N) is 1. The van der Waals surface area contributed by atoms with E-state index in [2.05, 4.69) is 5.32 Å². The van der Waals surface area contributed by atoms with E-state index in [0.717, 1.165) is 11.3 Å². The molecule has 0 aliphatic rings. The van der Waals surface area contributed by atoms with E-state index in [-0.39, 0.29) is 11.0 Å². The molecule has 0 aromatic heterocycles. The maximum absolute atomic E-state index is 11.3. The molecule has 0 saturated carbocycles. The number of rotatable bonds is 6. The van der Waals surface area contributed by atoms with Gasteiger partial charge in [0.15, 0.2) is 0 Å². The first kappa shape index (κ1) is 18.9. The first-order chi connectivity index (χ1) is 11.2. The highest BCUT2D eigenvalue weighted by Crippen LogP contribution is 2.33. The molecule has 0 radical (unpaired) electrons. The summed E-state index contributed by atoms with van der Waals surface area (Å²) in [4.78, 5) is 0.0580. The van der Waals surface area contributed by atoms with E-state index in [4.69, 9.17) is 33.1 Å². The fraction of sp³-hybridized carbons (Fsp3) is 0.250. The van der Waals surface area contributed by atoms with Gasteiger partial charge in [0.25, 0.3) is 0 Å². The lowest BCUT2D eigenvalue weighted by atomic mass is 10.2. The van der Waals surface area contributed by atoms with Crippen LogP contribution in [0.1, 0.15) is 19.4 Å². The van der Waals surface area contributed by atoms with Gasteiger partial charge in [-0.15, -0.1) is 0 Å². The summed E-state index contributed by atoms with van der Waals surface area (Å²) in [6.07, 6.45) is -0.0310. The van der Waals surface area contributed by atoms with Crippen molar-refractivity contribution < 1.29 is 13.2 Å². The molecular formula is C16H18Cl2N2O3S. The van der Waals surface area contributed by atoms with E-state index in [1.807, 2.05) is 13.8 Å². The van der Waals surface area contributed by atoms with Gasteiger partial charge in [0.05, 0.1) is 16.0 Å². The third-order valence-corrected chi connectivity index (χ3v) is 4.53. The van der Waals surface area contributed by atoms with E-state index >= 15 is 0 Å². The van der Waals surface area contributed by atoms with Gasteiger partial charge < -0.3 is 10.1 Å². The van der Waals surface area contributed by atoms with Crippen LogP contribution in [0.5, 0.6) is 5.75 Å². The zero-order valence-electron chi connectivity index (χ0n) is 13.2. The Morgan fingerprint density at radius 3 is 2.33 bits per heavy atom. The normalized spacial score (nSPS) is 11.6. The van der Waals surface area contributed by atoms with Crippen molar-refractivity contribution in [3.05, 3.63) is 52.0 Å². The predicted octanol–water partition coefficient (Wildman–Crippen LogP) is 4.04. The summed E-state index contributed by atoms with van der Waals surface area (Å²) in [6, 6.07) is 9.55. The molecule has 0 bridgehead atoms. The summed E-state index contributed by atoms with van der Waals surface area (Å²) >= 11 is 12.3. The number of nitrogens with two attached hydrogens (primary N) is 1. The van der Waals surface area contributed by atoms with Crippen molar-refractivity contribution in [2.24, 2.45) is 5.14 Å². The van der Waals surface area contributed by atoms with Crippen molar-refractivity contribution in [3.63, 3.8) is 0 Å². The molecule has 0 atom stereocenters. The molecule has 0 saturated heterocycles. The van der Waals surface area contributed by atoms with Crippen LogP contribution in [0.2, 0.25) is 10.0 Å². The summed E-state index contributed by atoms with van der Waals surface area (Å²) in [5.74, 6) is 0.574. The zero-order valence-corrected chi connectivity index (χ0v) is 15.5. The molecule has 2 rings (SSSR count). The van der Waals surface area contributed by atoms with Gasteiger partial charge in [-0.05, 0) is 50.2 Å². The van der Waals surface area contributed by atoms with E-state index in [1.165, 1.54) is 12.1 Å². The minimum absolute atomic E-state index is 0.0310. The minimum Gasteiger partial charge on any atom is -0.489 e. The summed E-state index contributed by atoms with van der Waals surface area (Å²) in [5.41, 5.74) is 1.53. The number of halogens is 2. The molecular weight excluding hydrogens is 371 g/mol. The van der Waals surface area contributed by atoms with E-state index < -0.39 is 10.0 Å². The molecule has 0 aliphatic carbocycles. The highest BCUT2D eigenvalue weighted by molar-refractivity contribution is 7.89. The second-order valence-electron chi connectivity index (χ2n) is 5.47. The topological polar surface area (TPSA) is 81.4 Å². The SMILES string of the molecule is CC(C)Oc1c(Cl)cc(Cl)cc1CNc1ccc(S(N)(=O)=O)cc1. The third-order valence-electron chi connectivity index (χ3n) is 3.10. The highest BCUT2D eigenvalue weighted by Gasteiger charge is 2.13. The number of ether oxygens (including phenoxy) is 1. The maximum Gasteiger partial charge on any atom is 0.238 e. The van der Waals surface area contributed by atoms with Crippen LogP contribution in [0, 0.1) is 0 Å². The highest BCUT2D eigenvalue weighted by atomic mass is 35.5. The van der Waals surface area contributed by atoms with E-state index in [9.17, 15) is 8.42 Å². The number of anilines is 1. The van der Waals surface area contributed by atoms with E-state index in [0.29, 0.717) is 22.3 Å². The number of primary sulfonamides is 1. The van der Waals surface area contributed by atoms with Crippen molar-refractivity contribution in [2.75, 3.05) is 5.32 Å². The molecule has 3 N–H and O–H groups in total. The monoisotopic (exact) mass is 388 g/mol. The average molecular weight is 389 g/mol. The van der Waals surface area contributed by atoms with Gasteiger partial charge in [-0.25, -0.2) is 13.6 Å². The smallest absolute Gasteiger partial charge is 0.238 e. The van der Waals surface area contributed by atoms with Crippen LogP contribution >= 0.6 is 23.2 Å². The summed E-state index contributed by atoms with van der Waals surface area (Å²) < 4.78 is 28.3. The van der Waals surface area contributed by atoms with Crippen LogP contribution in [0.4, 0.5) is 5.69 Å². The number of hydrogen-bond donors (Lipinski definition) is 2. The lowest BCUT2D eigenvalue weighted by Crippen LogP contribution is -2.12. The summed E-state index contributed by atoms with van der Waals surface area (Å²) in [7, 11) is -3.70. The molecule has 0 unspecified atom stereocenters. The fourth-order valence-electron chi connectivity index (χ4n) is 2.07. The zero-order chi connectivity index (χ0) is 17.9. The van der Waals surface area contributed by atoms with E-state index in [1.54, 1.807) is 24.3 Å². The summed E-state index contributed by atoms with van der Waals surface area (Å²) in [6.45, 7) is 4.24. The van der Waals surface area contributed by atoms with Crippen LogP contribution in [0.25, 0.3) is 0 Å². The van der Waals surface area contributed by atoms with Gasteiger partial charge in [-0.1, -0.05) is 23.2 Å². The molecule has 0 heterocycles. The number of hydrogen-bond acceptors (Lipinski definition) is 4. The molecule has 0 spiro atoms. The van der Waals surface area contributed by atoms with Crippen LogP contribution in [0.15, 0.2) is 41.3 Å². The van der Waals surface area contributed by atoms with Gasteiger partial charge in [-0.2, -0.15) is 0 Å². The largest absolute Gasteiger partial charge is 0.489 e. The van der Waals surface area contributed by atoms with Crippen molar-refractivity contribution in [1.29, 1.82) is 0 Å². The van der Waals surface area contributed by atoms with Gasteiger partial charge in [-0.3, -0.25) is 0 Å². The van der Waals surface area contributed by atoms with Gasteiger partial charge in [0.1, 0.15) is 5.75 Å². The van der Waals surface area contributed by atoms with Crippen molar-refractivity contribution in [1.82, 2.24) is 0 Å². The van der Waals surface area contributed by atoms with Crippen molar-refractivity contribution >= 4 is 38.9 Å². The van der Waals surface area contributed by atoms with Crippen molar-refractivity contribution in [2.45, 2.75) is 31.4 Å². The molecule has 2 aromatic carbocycles. The molecule has 2 aromatic rings. The van der Waals surface area contributed by atoms with Crippen LogP contribution in [-0.2, 0) is 16.6 Å². The lowest BCUT2D eigenvalue weighted by molar-refractivity contribution is 0.240. The Hall–Kier alpha value is -1.47. The standard InChI is InChI=1S/C16H18Cl2N2O3S/c1-10(2)23-16-11(7-12(17)8-15(16)18)9-20-13-3-5-14(6-4-13)24(19,21)22/h3-8,10,20H,9H2,1-2H3,(H2,19,21,22). The van der Waals surface area contributed by atoms with Crippen molar-refractivity contribution in [3.8, 4) is 5.75 Å². The molecule has 130 valence electrons. The molecule has 24 heavy (non-hydrogen) atoms. The Morgan fingerprint density at radius 2 is 1.79 bits per heavy atom. The first-order valence-electron chi connectivity index (χ1n) is 7.18. The maximum atomic E-state index is 11.3. The number of sulfonamides is 1. The first-order valence-corrected chi connectivity index (χ1v) is 9.48. The molecule has 0 fully saturated rings. The Labute approximate surface area is 151 Å². The molecule has 0 amide bonds. The average Bonchev–Trinajstić information content (AvgIpc) is 2.47. The molecule has 0 aliphatic heterocycles.